The molecule has 0 radical (unpaired) electrons. The number of benzene rings is 1. The summed E-state index contributed by atoms with van der Waals surface area (Å²) in [4.78, 5) is 25.0. The monoisotopic (exact) mass is 349 g/mol. The first kappa shape index (κ1) is 19.1. The predicted molar refractivity (Wildman–Crippen MR) is 94.1 cm³/mol. The lowest BCUT2D eigenvalue weighted by molar-refractivity contribution is -0.136. The number of carbonyl (C=O) groups is 2. The Morgan fingerprint density at radius 3 is 2.64 bits per heavy atom. The van der Waals surface area contributed by atoms with E-state index in [2.05, 4.69) is 0 Å². The van der Waals surface area contributed by atoms with Crippen LogP contribution in [-0.4, -0.2) is 47.9 Å². The quantitative estimate of drug-likeness (QED) is 0.901. The molecular formula is C19H27NO5. The van der Waals surface area contributed by atoms with E-state index >= 15 is 0 Å². The highest BCUT2D eigenvalue weighted by Crippen LogP contribution is 2.31. The van der Waals surface area contributed by atoms with Crippen molar-refractivity contribution in [3.05, 3.63) is 29.3 Å². The van der Waals surface area contributed by atoms with Crippen molar-refractivity contribution in [1.29, 1.82) is 0 Å². The number of nitrogens with zero attached hydrogens (tertiary/aromatic N) is 1. The first-order chi connectivity index (χ1) is 11.7. The molecule has 0 aliphatic carbocycles. The largest absolute Gasteiger partial charge is 0.496 e. The number of rotatable bonds is 4. The average Bonchev–Trinajstić information content (AvgIpc) is 2.53. The minimum absolute atomic E-state index is 0.0713. The maximum absolute atomic E-state index is 12.3. The molecule has 1 aliphatic rings. The standard InChI is InChI=1S/C19H27NO5/c1-19(2,3)25-18(23)20-9-5-6-15(12-20)13-7-8-14(11-17(21)22)16(10-13)24-4/h7-8,10,15H,5-6,9,11-12H2,1-4H3,(H,21,22). The van der Waals surface area contributed by atoms with Gasteiger partial charge >= 0.3 is 12.1 Å². The fraction of sp³-hybridized carbons (Fsp3) is 0.579. The number of piperidine rings is 1. The Kier molecular flexibility index (Phi) is 5.93. The molecule has 1 fully saturated rings. The lowest BCUT2D eigenvalue weighted by atomic mass is 9.89. The van der Waals surface area contributed by atoms with Gasteiger partial charge in [-0.25, -0.2) is 4.79 Å². The highest BCUT2D eigenvalue weighted by Gasteiger charge is 2.28. The van der Waals surface area contributed by atoms with E-state index in [1.807, 2.05) is 32.9 Å². The summed E-state index contributed by atoms with van der Waals surface area (Å²) < 4.78 is 10.8. The smallest absolute Gasteiger partial charge is 0.410 e. The second kappa shape index (κ2) is 7.76. The molecule has 1 aliphatic heterocycles. The van der Waals surface area contributed by atoms with E-state index in [9.17, 15) is 9.59 Å². The predicted octanol–water partition coefficient (Wildman–Crippen LogP) is 3.44. The van der Waals surface area contributed by atoms with Gasteiger partial charge in [0.2, 0.25) is 0 Å². The number of likely N-dealkylation sites (tertiary alicyclic amines) is 1. The maximum Gasteiger partial charge on any atom is 0.410 e. The summed E-state index contributed by atoms with van der Waals surface area (Å²) in [5.41, 5.74) is 1.20. The molecule has 1 aromatic carbocycles. The van der Waals surface area contributed by atoms with Crippen molar-refractivity contribution in [2.75, 3.05) is 20.2 Å². The van der Waals surface area contributed by atoms with Crippen LogP contribution in [0.25, 0.3) is 0 Å². The minimum atomic E-state index is -0.889. The van der Waals surface area contributed by atoms with E-state index < -0.39 is 11.6 Å². The van der Waals surface area contributed by atoms with Crippen molar-refractivity contribution >= 4 is 12.1 Å². The van der Waals surface area contributed by atoms with Crippen molar-refractivity contribution in [2.45, 2.75) is 51.6 Å². The molecule has 2 rings (SSSR count). The summed E-state index contributed by atoms with van der Waals surface area (Å²) in [5.74, 6) is -0.122. The number of carboxylic acids is 1. The number of hydrogen-bond acceptors (Lipinski definition) is 4. The number of carbonyl (C=O) groups excluding carboxylic acids is 1. The first-order valence-corrected chi connectivity index (χ1v) is 8.56. The van der Waals surface area contributed by atoms with E-state index in [0.717, 1.165) is 18.4 Å². The van der Waals surface area contributed by atoms with Crippen LogP contribution in [0.4, 0.5) is 4.79 Å². The number of amides is 1. The highest BCUT2D eigenvalue weighted by atomic mass is 16.6. The molecule has 138 valence electrons. The van der Waals surface area contributed by atoms with Crippen molar-refractivity contribution < 1.29 is 24.2 Å². The Labute approximate surface area is 148 Å². The molecule has 1 saturated heterocycles. The van der Waals surface area contributed by atoms with Gasteiger partial charge in [0.15, 0.2) is 0 Å². The van der Waals surface area contributed by atoms with Gasteiger partial charge in [-0.3, -0.25) is 4.79 Å². The first-order valence-electron chi connectivity index (χ1n) is 8.56. The molecule has 25 heavy (non-hydrogen) atoms. The van der Waals surface area contributed by atoms with Gasteiger partial charge in [-0.1, -0.05) is 12.1 Å². The third-order valence-electron chi connectivity index (χ3n) is 4.20. The molecule has 6 nitrogen and oxygen atoms in total. The van der Waals surface area contributed by atoms with E-state index in [1.54, 1.807) is 18.1 Å². The Balaban J connectivity index is 2.12. The summed E-state index contributed by atoms with van der Waals surface area (Å²) in [6.45, 7) is 6.87. The molecule has 1 heterocycles. The van der Waals surface area contributed by atoms with Gasteiger partial charge in [0, 0.05) is 24.6 Å². The summed E-state index contributed by atoms with van der Waals surface area (Å²) in [6.07, 6.45) is 1.52. The fourth-order valence-electron chi connectivity index (χ4n) is 3.07. The molecule has 1 N–H and O–H groups in total. The average molecular weight is 349 g/mol. The number of methoxy groups -OCH3 is 1. The van der Waals surface area contributed by atoms with Crippen LogP contribution in [-0.2, 0) is 16.0 Å². The topological polar surface area (TPSA) is 76.1 Å². The Morgan fingerprint density at radius 2 is 2.04 bits per heavy atom. The molecule has 1 aromatic rings. The Hall–Kier alpha value is -2.24. The number of aliphatic carboxylic acids is 1. The molecule has 0 spiro atoms. The summed E-state index contributed by atoms with van der Waals surface area (Å²) in [5, 5.41) is 8.98. The normalized spacial score (nSPS) is 17.9. The number of carboxylic acid groups (broad SMARTS) is 1. The van der Waals surface area contributed by atoms with Crippen LogP contribution in [0, 0.1) is 0 Å². The molecule has 6 heteroatoms. The van der Waals surface area contributed by atoms with Crippen molar-refractivity contribution in [3.63, 3.8) is 0 Å². The van der Waals surface area contributed by atoms with E-state index in [1.165, 1.54) is 0 Å². The molecule has 1 unspecified atom stereocenters. The van der Waals surface area contributed by atoms with Gasteiger partial charge in [0.1, 0.15) is 11.4 Å². The van der Waals surface area contributed by atoms with E-state index in [4.69, 9.17) is 14.6 Å². The van der Waals surface area contributed by atoms with Crippen molar-refractivity contribution in [1.82, 2.24) is 4.90 Å². The van der Waals surface area contributed by atoms with Crippen LogP contribution >= 0.6 is 0 Å². The Bertz CT molecular complexity index is 635. The zero-order valence-corrected chi connectivity index (χ0v) is 15.4. The fourth-order valence-corrected chi connectivity index (χ4v) is 3.07. The minimum Gasteiger partial charge on any atom is -0.496 e. The van der Waals surface area contributed by atoms with Crippen LogP contribution < -0.4 is 4.74 Å². The van der Waals surface area contributed by atoms with E-state index in [0.29, 0.717) is 24.4 Å². The van der Waals surface area contributed by atoms with Gasteiger partial charge < -0.3 is 19.5 Å². The Morgan fingerprint density at radius 1 is 1.32 bits per heavy atom. The van der Waals surface area contributed by atoms with Crippen LogP contribution in [0.1, 0.15) is 50.7 Å². The van der Waals surface area contributed by atoms with Gasteiger partial charge in [0.05, 0.1) is 13.5 Å². The zero-order valence-electron chi connectivity index (χ0n) is 15.4. The summed E-state index contributed by atoms with van der Waals surface area (Å²) >= 11 is 0. The summed E-state index contributed by atoms with van der Waals surface area (Å²) in [7, 11) is 1.54. The molecule has 1 amide bonds. The number of hydrogen-bond donors (Lipinski definition) is 1. The second-order valence-corrected chi connectivity index (χ2v) is 7.41. The molecular weight excluding hydrogens is 322 g/mol. The van der Waals surface area contributed by atoms with Crippen LogP contribution in [0.3, 0.4) is 0 Å². The lowest BCUT2D eigenvalue weighted by Gasteiger charge is -2.34. The van der Waals surface area contributed by atoms with Crippen molar-refractivity contribution in [3.8, 4) is 5.75 Å². The molecule has 1 atom stereocenters. The van der Waals surface area contributed by atoms with Gasteiger partial charge in [-0.15, -0.1) is 0 Å². The molecule has 0 bridgehead atoms. The lowest BCUT2D eigenvalue weighted by Crippen LogP contribution is -2.42. The van der Waals surface area contributed by atoms with Crippen LogP contribution in [0.2, 0.25) is 0 Å². The molecule has 0 aromatic heterocycles. The number of ether oxygens (including phenoxy) is 2. The van der Waals surface area contributed by atoms with Gasteiger partial charge in [-0.05, 0) is 45.2 Å². The highest BCUT2D eigenvalue weighted by molar-refractivity contribution is 5.71. The second-order valence-electron chi connectivity index (χ2n) is 7.41. The molecule has 0 saturated carbocycles. The zero-order chi connectivity index (χ0) is 18.6. The maximum atomic E-state index is 12.3. The van der Waals surface area contributed by atoms with Crippen molar-refractivity contribution in [2.24, 2.45) is 0 Å². The van der Waals surface area contributed by atoms with Crippen LogP contribution in [0.15, 0.2) is 18.2 Å². The summed E-state index contributed by atoms with van der Waals surface area (Å²) in [6, 6.07) is 5.63. The third-order valence-corrected chi connectivity index (χ3v) is 4.20. The van der Waals surface area contributed by atoms with Gasteiger partial charge in [-0.2, -0.15) is 0 Å². The van der Waals surface area contributed by atoms with Crippen LogP contribution in [0.5, 0.6) is 5.75 Å². The van der Waals surface area contributed by atoms with Gasteiger partial charge in [0.25, 0.3) is 0 Å². The SMILES string of the molecule is COc1cc(C2CCCN(C(=O)OC(C)(C)C)C2)ccc1CC(=O)O. The third kappa shape index (κ3) is 5.37. The van der Waals surface area contributed by atoms with E-state index in [-0.39, 0.29) is 18.4 Å².